The first-order valence-corrected chi connectivity index (χ1v) is 17.6. The number of hydrogen-bond acceptors (Lipinski definition) is 1. The molecule has 8 aliphatic rings. The van der Waals surface area contributed by atoms with E-state index in [1.807, 2.05) is 11.1 Å². The van der Waals surface area contributed by atoms with Gasteiger partial charge in [-0.25, -0.2) is 0 Å². The fraction of sp³-hybridized carbons (Fsp3) is 0.700. The highest BCUT2D eigenvalue weighted by Gasteiger charge is 2.53. The van der Waals surface area contributed by atoms with Crippen LogP contribution in [0.3, 0.4) is 0 Å². The van der Waals surface area contributed by atoms with Crippen LogP contribution >= 0.6 is 0 Å². The van der Waals surface area contributed by atoms with Gasteiger partial charge in [0, 0.05) is 0 Å². The second kappa shape index (κ2) is 9.97. The van der Waals surface area contributed by atoms with E-state index in [1.165, 1.54) is 103 Å². The Morgan fingerprint density at radius 3 is 1.59 bits per heavy atom. The molecule has 0 aliphatic heterocycles. The third kappa shape index (κ3) is 4.17. The summed E-state index contributed by atoms with van der Waals surface area (Å²) in [5.41, 5.74) is 14.4. The Kier molecular flexibility index (Phi) is 6.56. The Balaban J connectivity index is 0.851. The molecule has 8 aliphatic carbocycles. The van der Waals surface area contributed by atoms with E-state index in [0.717, 1.165) is 48.7 Å². The lowest BCUT2D eigenvalue weighted by Crippen LogP contribution is -2.41. The molecule has 1 heteroatoms. The molecule has 0 spiro atoms. The first kappa shape index (κ1) is 27.0. The van der Waals surface area contributed by atoms with Crippen molar-refractivity contribution in [1.29, 1.82) is 0 Å². The third-order valence-electron chi connectivity index (χ3n) is 14.8. The molecule has 0 amide bonds. The zero-order valence-corrected chi connectivity index (χ0v) is 26.2. The molecule has 220 valence electrons. The molecule has 0 heterocycles. The molecule has 0 radical (unpaired) electrons. The minimum absolute atomic E-state index is 0.441. The van der Waals surface area contributed by atoms with Gasteiger partial charge in [-0.05, 0) is 160 Å². The highest BCUT2D eigenvalue weighted by Crippen LogP contribution is 2.64. The van der Waals surface area contributed by atoms with Crippen molar-refractivity contribution in [2.45, 2.75) is 117 Å². The maximum absolute atomic E-state index is 6.45. The van der Waals surface area contributed by atoms with Crippen molar-refractivity contribution in [1.82, 2.24) is 0 Å². The summed E-state index contributed by atoms with van der Waals surface area (Å²) in [6.07, 6.45) is 26.4. The molecule has 1 nitrogen and oxygen atoms in total. The Morgan fingerprint density at radius 2 is 1.12 bits per heavy atom. The van der Waals surface area contributed by atoms with Gasteiger partial charge in [0.25, 0.3) is 0 Å². The van der Waals surface area contributed by atoms with Crippen molar-refractivity contribution in [2.24, 2.45) is 46.3 Å². The SMILES string of the molecule is C=C1CC[C@H]2[C@@H]3CCC4=C(CC=C(COCC5=CCC6=C(CC[C@@H]7[C@@H]6CC[C@]6(C)C(=C)CC[C@@H]76)C5)C4)[C@H]3CC[C@]12C. The molecule has 0 saturated heterocycles. The van der Waals surface area contributed by atoms with E-state index in [9.17, 15) is 0 Å². The maximum Gasteiger partial charge on any atom is 0.0684 e. The smallest absolute Gasteiger partial charge is 0.0684 e. The lowest BCUT2D eigenvalue weighted by molar-refractivity contribution is 0.0621. The second-order valence-electron chi connectivity index (χ2n) is 16.3. The topological polar surface area (TPSA) is 9.23 Å². The maximum atomic E-state index is 6.45. The van der Waals surface area contributed by atoms with Crippen LogP contribution < -0.4 is 0 Å². The number of allylic oxidation sites excluding steroid dienone is 8. The van der Waals surface area contributed by atoms with E-state index in [0.29, 0.717) is 10.8 Å². The molecule has 4 fully saturated rings. The highest BCUT2D eigenvalue weighted by molar-refractivity contribution is 5.37. The first-order chi connectivity index (χ1) is 19.8. The Morgan fingerprint density at radius 1 is 0.659 bits per heavy atom. The average Bonchev–Trinajstić information content (AvgIpc) is 3.46. The van der Waals surface area contributed by atoms with Crippen LogP contribution in [-0.2, 0) is 4.74 Å². The predicted molar refractivity (Wildman–Crippen MR) is 170 cm³/mol. The van der Waals surface area contributed by atoms with Crippen LogP contribution in [0.1, 0.15) is 117 Å². The van der Waals surface area contributed by atoms with Crippen molar-refractivity contribution < 1.29 is 4.74 Å². The Labute approximate surface area is 250 Å². The predicted octanol–water partition coefficient (Wildman–Crippen LogP) is 10.6. The average molecular weight is 551 g/mol. The van der Waals surface area contributed by atoms with Crippen molar-refractivity contribution in [3.8, 4) is 0 Å². The summed E-state index contributed by atoms with van der Waals surface area (Å²) < 4.78 is 6.45. The van der Waals surface area contributed by atoms with Crippen molar-refractivity contribution in [3.05, 3.63) is 69.9 Å². The molecular weight excluding hydrogens is 496 g/mol. The molecule has 0 aromatic heterocycles. The summed E-state index contributed by atoms with van der Waals surface area (Å²) in [7, 11) is 0. The summed E-state index contributed by atoms with van der Waals surface area (Å²) in [6.45, 7) is 15.8. The molecule has 0 aromatic carbocycles. The lowest BCUT2D eigenvalue weighted by Gasteiger charge is -2.51. The zero-order valence-electron chi connectivity index (χ0n) is 26.2. The number of hydrogen-bond donors (Lipinski definition) is 0. The first-order valence-electron chi connectivity index (χ1n) is 17.6. The molecular formula is C40H54O. The summed E-state index contributed by atoms with van der Waals surface area (Å²) in [4.78, 5) is 0. The summed E-state index contributed by atoms with van der Waals surface area (Å²) in [5, 5.41) is 0. The van der Waals surface area contributed by atoms with Gasteiger partial charge >= 0.3 is 0 Å². The van der Waals surface area contributed by atoms with Gasteiger partial charge in [-0.15, -0.1) is 0 Å². The fourth-order valence-corrected chi connectivity index (χ4v) is 12.3. The van der Waals surface area contributed by atoms with Gasteiger partial charge in [0.2, 0.25) is 0 Å². The monoisotopic (exact) mass is 550 g/mol. The molecule has 41 heavy (non-hydrogen) atoms. The van der Waals surface area contributed by atoms with E-state index in [4.69, 9.17) is 4.74 Å². The lowest BCUT2D eigenvalue weighted by atomic mass is 9.54. The molecule has 0 bridgehead atoms. The van der Waals surface area contributed by atoms with E-state index >= 15 is 0 Å². The summed E-state index contributed by atoms with van der Waals surface area (Å²) in [6, 6.07) is 0. The largest absolute Gasteiger partial charge is 0.373 e. The molecule has 4 saturated carbocycles. The van der Waals surface area contributed by atoms with Gasteiger partial charge in [0.05, 0.1) is 13.2 Å². The van der Waals surface area contributed by atoms with Crippen LogP contribution in [-0.4, -0.2) is 13.2 Å². The van der Waals surface area contributed by atoms with Gasteiger partial charge in [-0.1, -0.05) is 72.6 Å². The highest BCUT2D eigenvalue weighted by atomic mass is 16.5. The Hall–Kier alpha value is -1.60. The van der Waals surface area contributed by atoms with Crippen LogP contribution in [0.2, 0.25) is 0 Å². The normalized spacial score (nSPS) is 43.5. The van der Waals surface area contributed by atoms with Gasteiger partial charge in [0.1, 0.15) is 0 Å². The van der Waals surface area contributed by atoms with E-state index in [-0.39, 0.29) is 0 Å². The number of ether oxygens (including phenoxy) is 1. The zero-order chi connectivity index (χ0) is 27.9. The van der Waals surface area contributed by atoms with Gasteiger partial charge < -0.3 is 4.74 Å². The van der Waals surface area contributed by atoms with Crippen LogP contribution in [0.15, 0.2) is 69.9 Å². The van der Waals surface area contributed by atoms with Crippen LogP contribution in [0.25, 0.3) is 0 Å². The van der Waals surface area contributed by atoms with Gasteiger partial charge in [-0.2, -0.15) is 0 Å². The van der Waals surface area contributed by atoms with Crippen molar-refractivity contribution >= 4 is 0 Å². The van der Waals surface area contributed by atoms with E-state index in [1.54, 1.807) is 33.4 Å². The molecule has 0 N–H and O–H groups in total. The molecule has 0 aromatic rings. The van der Waals surface area contributed by atoms with Crippen molar-refractivity contribution in [3.63, 3.8) is 0 Å². The van der Waals surface area contributed by atoms with E-state index in [2.05, 4.69) is 39.2 Å². The fourth-order valence-electron chi connectivity index (χ4n) is 12.3. The standard InChI is InChI=1S/C40H54O/c1-25-5-15-37-35-13-9-29-21-27(7-11-31(29)33(35)17-19-39(25,37)3)23-41-24-28-8-12-32-30(22-28)10-14-36-34(32)18-20-40(4)26(2)6-16-38(36)40/h7-8,33-38H,1-2,5-6,9-24H2,3-4H3/t33-,34-,35-,36-,37+,38+,39-,40-/m1/s1. The summed E-state index contributed by atoms with van der Waals surface area (Å²) in [5.74, 6) is 5.34. The third-order valence-corrected chi connectivity index (χ3v) is 14.8. The summed E-state index contributed by atoms with van der Waals surface area (Å²) >= 11 is 0. The molecule has 8 rings (SSSR count). The van der Waals surface area contributed by atoms with Crippen molar-refractivity contribution in [2.75, 3.05) is 13.2 Å². The molecule has 0 unspecified atom stereocenters. The second-order valence-corrected chi connectivity index (χ2v) is 16.3. The van der Waals surface area contributed by atoms with Gasteiger partial charge in [-0.3, -0.25) is 0 Å². The minimum atomic E-state index is 0.441. The van der Waals surface area contributed by atoms with Crippen LogP contribution in [0.4, 0.5) is 0 Å². The quantitative estimate of drug-likeness (QED) is 0.316. The minimum Gasteiger partial charge on any atom is -0.373 e. The molecule has 8 atom stereocenters. The van der Waals surface area contributed by atoms with Crippen LogP contribution in [0.5, 0.6) is 0 Å². The number of fused-ring (bicyclic) bond motifs is 8. The van der Waals surface area contributed by atoms with Gasteiger partial charge in [0.15, 0.2) is 0 Å². The van der Waals surface area contributed by atoms with E-state index < -0.39 is 0 Å². The van der Waals surface area contributed by atoms with Crippen LogP contribution in [0, 0.1) is 46.3 Å². The number of rotatable bonds is 4. The Bertz CT molecular complexity index is 1190.